The first-order valence-electron chi connectivity index (χ1n) is 8.37. The van der Waals surface area contributed by atoms with Gasteiger partial charge in [0.1, 0.15) is 6.54 Å². The number of hydrogen-bond acceptors (Lipinski definition) is 2. The molecule has 0 aliphatic carbocycles. The molecule has 0 spiro atoms. The predicted molar refractivity (Wildman–Crippen MR) is 98.1 cm³/mol. The summed E-state index contributed by atoms with van der Waals surface area (Å²) in [5.74, 6) is -0.126. The lowest BCUT2D eigenvalue weighted by molar-refractivity contribution is -0.140. The quantitative estimate of drug-likeness (QED) is 0.843. The number of carbonyl (C=O) groups is 2. The first kappa shape index (κ1) is 17.5. The average Bonchev–Trinajstić information content (AvgIpc) is 2.62. The maximum absolute atomic E-state index is 12.7. The molecule has 0 unspecified atom stereocenters. The second kappa shape index (κ2) is 7.70. The van der Waals surface area contributed by atoms with Gasteiger partial charge < -0.3 is 9.80 Å². The number of halogens is 1. The Morgan fingerprint density at radius 1 is 1.08 bits per heavy atom. The summed E-state index contributed by atoms with van der Waals surface area (Å²) in [5.41, 5.74) is 3.45. The van der Waals surface area contributed by atoms with Gasteiger partial charge in [0.2, 0.25) is 11.8 Å². The van der Waals surface area contributed by atoms with Crippen molar-refractivity contribution in [3.05, 3.63) is 70.2 Å². The van der Waals surface area contributed by atoms with Gasteiger partial charge in [0.05, 0.1) is 0 Å². The van der Waals surface area contributed by atoms with Crippen molar-refractivity contribution < 1.29 is 9.59 Å². The lowest BCUT2D eigenvalue weighted by Gasteiger charge is -2.31. The van der Waals surface area contributed by atoms with Crippen LogP contribution in [0.5, 0.6) is 0 Å². The van der Waals surface area contributed by atoms with Crippen LogP contribution in [0.3, 0.4) is 0 Å². The maximum Gasteiger partial charge on any atom is 0.242 e. The molecule has 0 saturated heterocycles. The van der Waals surface area contributed by atoms with Crippen LogP contribution in [0.1, 0.15) is 23.6 Å². The summed E-state index contributed by atoms with van der Waals surface area (Å²) >= 11 is 5.90. The third-order valence-electron chi connectivity index (χ3n) is 4.54. The molecule has 5 heteroatoms. The summed E-state index contributed by atoms with van der Waals surface area (Å²) in [5, 5.41) is 0.654. The van der Waals surface area contributed by atoms with Crippen LogP contribution in [0.25, 0.3) is 0 Å². The van der Waals surface area contributed by atoms with E-state index in [0.29, 0.717) is 24.7 Å². The van der Waals surface area contributed by atoms with Gasteiger partial charge in [-0.15, -0.1) is 0 Å². The van der Waals surface area contributed by atoms with Gasteiger partial charge in [-0.05, 0) is 35.2 Å². The molecule has 2 amide bonds. The molecule has 25 heavy (non-hydrogen) atoms. The fourth-order valence-corrected chi connectivity index (χ4v) is 3.19. The highest BCUT2D eigenvalue weighted by molar-refractivity contribution is 6.30. The second-order valence-corrected chi connectivity index (χ2v) is 6.77. The summed E-state index contributed by atoms with van der Waals surface area (Å²) in [6.07, 6.45) is 0.860. The van der Waals surface area contributed by atoms with Crippen LogP contribution in [0.4, 0.5) is 0 Å². The smallest absolute Gasteiger partial charge is 0.242 e. The zero-order chi connectivity index (χ0) is 17.8. The highest BCUT2D eigenvalue weighted by Crippen LogP contribution is 2.19. The molecule has 1 aliphatic rings. The van der Waals surface area contributed by atoms with Crippen molar-refractivity contribution in [2.24, 2.45) is 0 Å². The average molecular weight is 357 g/mol. The SMILES string of the molecule is CC(=O)N(CC(=O)N1CCc2ccccc2C1)Cc1ccc(Cl)cc1. The Bertz CT molecular complexity index is 774. The Labute approximate surface area is 153 Å². The molecule has 3 rings (SSSR count). The van der Waals surface area contributed by atoms with E-state index in [1.165, 1.54) is 18.1 Å². The van der Waals surface area contributed by atoms with Crippen molar-refractivity contribution in [1.82, 2.24) is 9.80 Å². The molecular formula is C20H21ClN2O2. The molecule has 0 radical (unpaired) electrons. The van der Waals surface area contributed by atoms with Crippen molar-refractivity contribution in [1.29, 1.82) is 0 Å². The lowest BCUT2D eigenvalue weighted by atomic mass is 10.00. The van der Waals surface area contributed by atoms with Gasteiger partial charge in [-0.1, -0.05) is 48.0 Å². The predicted octanol–water partition coefficient (Wildman–Crippen LogP) is 3.27. The number of hydrogen-bond donors (Lipinski definition) is 0. The number of amides is 2. The van der Waals surface area contributed by atoms with Crippen molar-refractivity contribution in [3.8, 4) is 0 Å². The van der Waals surface area contributed by atoms with Gasteiger partial charge in [0.25, 0.3) is 0 Å². The molecule has 1 heterocycles. The van der Waals surface area contributed by atoms with Gasteiger partial charge in [-0.2, -0.15) is 0 Å². The van der Waals surface area contributed by atoms with Crippen molar-refractivity contribution in [2.45, 2.75) is 26.4 Å². The minimum Gasteiger partial charge on any atom is -0.336 e. The van der Waals surface area contributed by atoms with E-state index in [4.69, 9.17) is 11.6 Å². The molecular weight excluding hydrogens is 336 g/mol. The van der Waals surface area contributed by atoms with Gasteiger partial charge in [0, 0.05) is 31.6 Å². The zero-order valence-corrected chi connectivity index (χ0v) is 15.0. The highest BCUT2D eigenvalue weighted by Gasteiger charge is 2.23. The number of carbonyl (C=O) groups excluding carboxylic acids is 2. The van der Waals surface area contributed by atoms with E-state index in [9.17, 15) is 9.59 Å². The Hall–Kier alpha value is -2.33. The van der Waals surface area contributed by atoms with Crippen molar-refractivity contribution in [3.63, 3.8) is 0 Å². The van der Waals surface area contributed by atoms with E-state index in [-0.39, 0.29) is 18.4 Å². The fourth-order valence-electron chi connectivity index (χ4n) is 3.06. The van der Waals surface area contributed by atoms with Crippen LogP contribution in [0.15, 0.2) is 48.5 Å². The zero-order valence-electron chi connectivity index (χ0n) is 14.2. The van der Waals surface area contributed by atoms with E-state index in [1.54, 1.807) is 17.0 Å². The summed E-state index contributed by atoms with van der Waals surface area (Å²) in [6, 6.07) is 15.5. The second-order valence-electron chi connectivity index (χ2n) is 6.34. The van der Waals surface area contributed by atoms with Crippen LogP contribution >= 0.6 is 11.6 Å². The Morgan fingerprint density at radius 3 is 2.44 bits per heavy atom. The first-order chi connectivity index (χ1) is 12.0. The number of nitrogens with zero attached hydrogens (tertiary/aromatic N) is 2. The molecule has 0 N–H and O–H groups in total. The standard InChI is InChI=1S/C20H21ClN2O2/c1-15(24)23(12-16-6-8-19(21)9-7-16)14-20(25)22-11-10-17-4-2-3-5-18(17)13-22/h2-9H,10-14H2,1H3. The molecule has 4 nitrogen and oxygen atoms in total. The van der Waals surface area contributed by atoms with Crippen molar-refractivity contribution >= 4 is 23.4 Å². The molecule has 0 saturated carbocycles. The molecule has 0 fully saturated rings. The van der Waals surface area contributed by atoms with Crippen LogP contribution in [0.2, 0.25) is 5.02 Å². The van der Waals surface area contributed by atoms with Gasteiger partial charge in [-0.25, -0.2) is 0 Å². The summed E-state index contributed by atoms with van der Waals surface area (Å²) in [6.45, 7) is 3.31. The van der Waals surface area contributed by atoms with E-state index in [1.807, 2.05) is 29.2 Å². The number of rotatable bonds is 4. The molecule has 2 aromatic carbocycles. The highest BCUT2D eigenvalue weighted by atomic mass is 35.5. The molecule has 1 aliphatic heterocycles. The normalized spacial score (nSPS) is 13.3. The summed E-state index contributed by atoms with van der Waals surface area (Å²) in [4.78, 5) is 28.0. The number of benzene rings is 2. The van der Waals surface area contributed by atoms with Crippen LogP contribution in [0, 0.1) is 0 Å². The third kappa shape index (κ3) is 4.40. The molecule has 130 valence electrons. The fraction of sp³-hybridized carbons (Fsp3) is 0.300. The largest absolute Gasteiger partial charge is 0.336 e. The lowest BCUT2D eigenvalue weighted by Crippen LogP contribution is -2.43. The first-order valence-corrected chi connectivity index (χ1v) is 8.75. The van der Waals surface area contributed by atoms with Crippen LogP contribution in [-0.4, -0.2) is 34.7 Å². The van der Waals surface area contributed by atoms with Crippen LogP contribution in [-0.2, 0) is 29.1 Å². The summed E-state index contributed by atoms with van der Waals surface area (Å²) in [7, 11) is 0. The van der Waals surface area contributed by atoms with Gasteiger partial charge >= 0.3 is 0 Å². The number of fused-ring (bicyclic) bond motifs is 1. The third-order valence-corrected chi connectivity index (χ3v) is 4.79. The monoisotopic (exact) mass is 356 g/mol. The molecule has 2 aromatic rings. The van der Waals surface area contributed by atoms with E-state index in [2.05, 4.69) is 12.1 Å². The van der Waals surface area contributed by atoms with E-state index in [0.717, 1.165) is 12.0 Å². The Morgan fingerprint density at radius 2 is 1.76 bits per heavy atom. The van der Waals surface area contributed by atoms with E-state index < -0.39 is 0 Å². The minimum absolute atomic E-state index is 0.0151. The minimum atomic E-state index is -0.110. The molecule has 0 bridgehead atoms. The topological polar surface area (TPSA) is 40.6 Å². The van der Waals surface area contributed by atoms with Gasteiger partial charge in [-0.3, -0.25) is 9.59 Å². The summed E-state index contributed by atoms with van der Waals surface area (Å²) < 4.78 is 0. The maximum atomic E-state index is 12.7. The van der Waals surface area contributed by atoms with Crippen LogP contribution < -0.4 is 0 Å². The van der Waals surface area contributed by atoms with Crippen molar-refractivity contribution in [2.75, 3.05) is 13.1 Å². The van der Waals surface area contributed by atoms with E-state index >= 15 is 0 Å². The Kier molecular flexibility index (Phi) is 5.39. The molecule has 0 atom stereocenters. The van der Waals surface area contributed by atoms with Gasteiger partial charge in [0.15, 0.2) is 0 Å². The molecule has 0 aromatic heterocycles. The Balaban J connectivity index is 1.65.